The number of anilines is 2. The number of carbonyl (C=O) groups excluding carboxylic acids is 3. The van der Waals surface area contributed by atoms with Crippen LogP contribution in [0.15, 0.2) is 76.6 Å². The van der Waals surface area contributed by atoms with Crippen molar-refractivity contribution in [3.8, 4) is 11.5 Å². The van der Waals surface area contributed by atoms with E-state index in [1.54, 1.807) is 42.5 Å². The minimum atomic E-state index is -4.57. The molecule has 8 rings (SSSR count). The minimum Gasteiger partial charge on any atom is -0.497 e. The lowest BCUT2D eigenvalue weighted by atomic mass is 9.68. The first-order valence-electron chi connectivity index (χ1n) is 15.7. The normalized spacial score (nSPS) is 26.4. The SMILES string of the molecule is COc1ccc(N2C(=O)C3C4CC(C3C2=O)C2C4Sc3[nH]c(=O)sc3[C@@H]2c2cc(Cl)ccc2OCC(=O)Nc2cccc(C(F)(F)F)c2)cc1. The summed E-state index contributed by atoms with van der Waals surface area (Å²) in [5.74, 6) is -2.20. The highest BCUT2D eigenvalue weighted by molar-refractivity contribution is 8.00. The zero-order valence-electron chi connectivity index (χ0n) is 26.0. The lowest BCUT2D eigenvalue weighted by Gasteiger charge is -2.43. The van der Waals surface area contributed by atoms with Crippen LogP contribution in [0.3, 0.4) is 0 Å². The van der Waals surface area contributed by atoms with Crippen LogP contribution in [0, 0.1) is 29.6 Å². The molecular formula is C35H27ClF3N3O6S2. The smallest absolute Gasteiger partial charge is 0.416 e. The molecule has 2 aliphatic carbocycles. The molecule has 3 aromatic carbocycles. The number of aromatic nitrogens is 1. The molecule has 4 aromatic rings. The highest BCUT2D eigenvalue weighted by Crippen LogP contribution is 2.69. The minimum absolute atomic E-state index is 0.0327. The lowest BCUT2D eigenvalue weighted by Crippen LogP contribution is -2.42. The summed E-state index contributed by atoms with van der Waals surface area (Å²) < 4.78 is 50.9. The standard InChI is InChI=1S/C35H27ClF3N3O6S2/c1-47-19-8-6-18(7-9-19)42-32(44)27-21-13-22(28(27)33(42)45)29-26(21)25(30-31(49-29)41-34(46)50-30)20-12-16(36)5-10-23(20)48-14-24(43)40-17-4-2-3-15(11-17)35(37,38)39/h2-12,21-22,25-29H,13-14H2,1H3,(H,40,43)(H,41,46)/t21?,22?,25-,26?,27?,28?,29?/m1/s1. The predicted octanol–water partition coefficient (Wildman–Crippen LogP) is 6.81. The van der Waals surface area contributed by atoms with E-state index in [2.05, 4.69) is 10.3 Å². The summed E-state index contributed by atoms with van der Waals surface area (Å²) in [6.45, 7) is -0.517. The van der Waals surface area contributed by atoms with Crippen molar-refractivity contribution in [1.82, 2.24) is 4.98 Å². The summed E-state index contributed by atoms with van der Waals surface area (Å²) in [5.41, 5.74) is 0.169. The van der Waals surface area contributed by atoms with Gasteiger partial charge in [-0.2, -0.15) is 13.2 Å². The van der Waals surface area contributed by atoms with Gasteiger partial charge in [-0.1, -0.05) is 29.0 Å². The van der Waals surface area contributed by atoms with Crippen LogP contribution in [0.5, 0.6) is 11.5 Å². The molecule has 2 saturated carbocycles. The van der Waals surface area contributed by atoms with Crippen molar-refractivity contribution in [2.75, 3.05) is 23.9 Å². The van der Waals surface area contributed by atoms with E-state index < -0.39 is 42.0 Å². The van der Waals surface area contributed by atoms with Gasteiger partial charge in [-0.3, -0.25) is 24.1 Å². The number of imide groups is 1. The number of hydrogen-bond acceptors (Lipinski definition) is 8. The summed E-state index contributed by atoms with van der Waals surface area (Å²) in [5, 5.41) is 3.42. The highest BCUT2D eigenvalue weighted by atomic mass is 35.5. The van der Waals surface area contributed by atoms with Gasteiger partial charge in [0, 0.05) is 32.3 Å². The van der Waals surface area contributed by atoms with Gasteiger partial charge in [0.1, 0.15) is 11.5 Å². The lowest BCUT2D eigenvalue weighted by molar-refractivity contribution is -0.137. The first kappa shape index (κ1) is 32.9. The Labute approximate surface area is 296 Å². The number of benzene rings is 3. The Balaban J connectivity index is 1.11. The van der Waals surface area contributed by atoms with Gasteiger partial charge in [-0.05, 0) is 84.8 Å². The Hall–Kier alpha value is -4.27. The second-order valence-corrected chi connectivity index (χ2v) is 15.4. The molecule has 2 aliphatic heterocycles. The molecule has 50 heavy (non-hydrogen) atoms. The highest BCUT2D eigenvalue weighted by Gasteiger charge is 2.70. The van der Waals surface area contributed by atoms with E-state index in [0.29, 0.717) is 39.2 Å². The number of fused-ring (bicyclic) bond motifs is 9. The molecule has 3 amide bonds. The summed E-state index contributed by atoms with van der Waals surface area (Å²) in [7, 11) is 1.54. The number of methoxy groups -OCH3 is 1. The Morgan fingerprint density at radius 3 is 2.48 bits per heavy atom. The number of thiazole rings is 1. The van der Waals surface area contributed by atoms with E-state index in [9.17, 15) is 32.3 Å². The molecule has 3 fully saturated rings. The number of halogens is 4. The fourth-order valence-corrected chi connectivity index (χ4v) is 11.4. The van der Waals surface area contributed by atoms with E-state index in [4.69, 9.17) is 21.1 Å². The number of thioether (sulfide) groups is 1. The molecule has 1 aromatic heterocycles. The van der Waals surface area contributed by atoms with Gasteiger partial charge in [0.25, 0.3) is 5.91 Å². The van der Waals surface area contributed by atoms with Crippen LogP contribution < -0.4 is 24.6 Å². The molecule has 15 heteroatoms. The van der Waals surface area contributed by atoms with Crippen molar-refractivity contribution in [3.63, 3.8) is 0 Å². The summed E-state index contributed by atoms with van der Waals surface area (Å²) in [6.07, 6.45) is -3.91. The number of ether oxygens (including phenoxy) is 2. The number of H-pyrrole nitrogens is 1. The van der Waals surface area contributed by atoms with Gasteiger partial charge in [-0.15, -0.1) is 11.8 Å². The second kappa shape index (κ2) is 12.2. The third-order valence-electron chi connectivity index (χ3n) is 10.2. The Kier molecular flexibility index (Phi) is 8.03. The number of nitrogens with zero attached hydrogens (tertiary/aromatic N) is 1. The Morgan fingerprint density at radius 1 is 1.02 bits per heavy atom. The van der Waals surface area contributed by atoms with Crippen LogP contribution in [0.4, 0.5) is 24.5 Å². The molecular weight excluding hydrogens is 715 g/mol. The monoisotopic (exact) mass is 741 g/mol. The number of nitrogens with one attached hydrogen (secondary N) is 2. The summed E-state index contributed by atoms with van der Waals surface area (Å²) in [6, 6.07) is 16.1. The van der Waals surface area contributed by atoms with Crippen LogP contribution in [0.1, 0.15) is 28.3 Å². The number of rotatable bonds is 7. The number of aromatic amines is 1. The first-order valence-corrected chi connectivity index (χ1v) is 17.8. The Bertz CT molecular complexity index is 2100. The van der Waals surface area contributed by atoms with Crippen LogP contribution in [0.2, 0.25) is 5.02 Å². The summed E-state index contributed by atoms with van der Waals surface area (Å²) in [4.78, 5) is 58.4. The molecule has 7 atom stereocenters. The summed E-state index contributed by atoms with van der Waals surface area (Å²) >= 11 is 9.14. The molecule has 2 N–H and O–H groups in total. The largest absolute Gasteiger partial charge is 0.497 e. The fourth-order valence-electron chi connectivity index (χ4n) is 8.36. The quantitative estimate of drug-likeness (QED) is 0.200. The molecule has 0 spiro atoms. The number of carbonyl (C=O) groups is 3. The van der Waals surface area contributed by atoms with E-state index >= 15 is 0 Å². The molecule has 3 heterocycles. The van der Waals surface area contributed by atoms with Crippen molar-refractivity contribution in [2.24, 2.45) is 29.6 Å². The van der Waals surface area contributed by atoms with E-state index in [-0.39, 0.29) is 45.4 Å². The number of hydrogen-bond donors (Lipinski definition) is 2. The maximum Gasteiger partial charge on any atom is 0.416 e. The molecule has 4 aliphatic rings. The maximum atomic E-state index is 14.1. The molecule has 0 radical (unpaired) electrons. The number of amides is 3. The first-order chi connectivity index (χ1) is 23.9. The molecule has 6 unspecified atom stereocenters. The predicted molar refractivity (Wildman–Crippen MR) is 181 cm³/mol. The van der Waals surface area contributed by atoms with Gasteiger partial charge < -0.3 is 19.8 Å². The van der Waals surface area contributed by atoms with Gasteiger partial charge in [0.15, 0.2) is 6.61 Å². The topological polar surface area (TPSA) is 118 Å². The molecule has 2 bridgehead atoms. The Morgan fingerprint density at radius 2 is 1.76 bits per heavy atom. The second-order valence-electron chi connectivity index (χ2n) is 12.8. The zero-order chi connectivity index (χ0) is 35.1. The van der Waals surface area contributed by atoms with Gasteiger partial charge in [0.05, 0.1) is 35.2 Å². The van der Waals surface area contributed by atoms with Crippen molar-refractivity contribution in [1.29, 1.82) is 0 Å². The fraction of sp³-hybridized carbons (Fsp3) is 0.314. The average molecular weight is 742 g/mol. The van der Waals surface area contributed by atoms with Gasteiger partial charge in [-0.25, -0.2) is 0 Å². The zero-order valence-corrected chi connectivity index (χ0v) is 28.4. The van der Waals surface area contributed by atoms with Crippen molar-refractivity contribution >= 4 is 63.8 Å². The van der Waals surface area contributed by atoms with Crippen LogP contribution in [0.25, 0.3) is 0 Å². The van der Waals surface area contributed by atoms with Crippen LogP contribution >= 0.6 is 34.7 Å². The van der Waals surface area contributed by atoms with Gasteiger partial charge in [0.2, 0.25) is 11.8 Å². The van der Waals surface area contributed by atoms with Crippen molar-refractivity contribution in [3.05, 3.63) is 97.4 Å². The van der Waals surface area contributed by atoms with E-state index in [1.165, 1.54) is 35.9 Å². The average Bonchev–Trinajstić information content (AvgIpc) is 3.82. The van der Waals surface area contributed by atoms with Crippen LogP contribution in [-0.4, -0.2) is 41.7 Å². The molecule has 258 valence electrons. The molecule has 9 nitrogen and oxygen atoms in total. The third kappa shape index (κ3) is 5.39. The number of alkyl halides is 3. The van der Waals surface area contributed by atoms with Crippen LogP contribution in [-0.2, 0) is 20.6 Å². The van der Waals surface area contributed by atoms with E-state index in [1.807, 2.05) is 0 Å². The maximum absolute atomic E-state index is 14.1. The van der Waals surface area contributed by atoms with Crippen molar-refractivity contribution in [2.45, 2.75) is 28.8 Å². The van der Waals surface area contributed by atoms with Crippen molar-refractivity contribution < 1.29 is 37.0 Å². The third-order valence-corrected chi connectivity index (χ3v) is 13.0. The molecule has 1 saturated heterocycles. The van der Waals surface area contributed by atoms with E-state index in [0.717, 1.165) is 28.3 Å². The van der Waals surface area contributed by atoms with Gasteiger partial charge >= 0.3 is 11.0 Å².